The summed E-state index contributed by atoms with van der Waals surface area (Å²) in [5.41, 5.74) is 2.50. The van der Waals surface area contributed by atoms with Gasteiger partial charge in [0.05, 0.1) is 6.04 Å². The van der Waals surface area contributed by atoms with Gasteiger partial charge >= 0.3 is 5.63 Å². The zero-order valence-corrected chi connectivity index (χ0v) is 21.2. The molecule has 1 unspecified atom stereocenters. The first-order valence-electron chi connectivity index (χ1n) is 11.7. The van der Waals surface area contributed by atoms with E-state index < -0.39 is 5.63 Å². The first kappa shape index (κ1) is 22.0. The van der Waals surface area contributed by atoms with Crippen molar-refractivity contribution in [2.45, 2.75) is 66.7 Å². The standard InChI is InChI=1S/C27H24BrNO4S/c1-15-6-5-7-17(12-15)34-24-23(30)22-20(33-26(24)32)14-21-27(10-3-2-4-11-27)18-13-16(28)8-9-19(18)29(21)25(22)31/h5-9,12-13,21,30H,2-4,10-11,14H2,1H3. The summed E-state index contributed by atoms with van der Waals surface area (Å²) in [6, 6.07) is 13.7. The van der Waals surface area contributed by atoms with Gasteiger partial charge < -0.3 is 14.4 Å². The first-order chi connectivity index (χ1) is 16.4. The third-order valence-electron chi connectivity index (χ3n) is 7.60. The lowest BCUT2D eigenvalue weighted by molar-refractivity contribution is 0.0934. The van der Waals surface area contributed by atoms with Gasteiger partial charge in [0.2, 0.25) is 0 Å². The van der Waals surface area contributed by atoms with Gasteiger partial charge in [0, 0.05) is 26.9 Å². The molecule has 5 nitrogen and oxygen atoms in total. The number of aryl methyl sites for hydroxylation is 1. The zero-order chi connectivity index (χ0) is 23.6. The Bertz CT molecular complexity index is 1390. The summed E-state index contributed by atoms with van der Waals surface area (Å²) in [5, 5.41) is 11.2. The van der Waals surface area contributed by atoms with Crippen molar-refractivity contribution in [3.8, 4) is 5.75 Å². The normalized spacial score (nSPS) is 20.2. The van der Waals surface area contributed by atoms with E-state index in [2.05, 4.69) is 22.0 Å². The Kier molecular flexibility index (Phi) is 5.19. The summed E-state index contributed by atoms with van der Waals surface area (Å²) in [7, 11) is 0. The van der Waals surface area contributed by atoms with Crippen LogP contribution in [0.4, 0.5) is 5.69 Å². The number of nitrogens with zero attached hydrogens (tertiary/aromatic N) is 1. The van der Waals surface area contributed by atoms with Gasteiger partial charge in [0.25, 0.3) is 5.91 Å². The first-order valence-corrected chi connectivity index (χ1v) is 13.3. The smallest absolute Gasteiger partial charge is 0.353 e. The van der Waals surface area contributed by atoms with Crippen molar-refractivity contribution in [1.29, 1.82) is 0 Å². The molecule has 0 saturated heterocycles. The summed E-state index contributed by atoms with van der Waals surface area (Å²) < 4.78 is 6.75. The highest BCUT2D eigenvalue weighted by atomic mass is 79.9. The number of carbonyl (C=O) groups is 1. The molecule has 34 heavy (non-hydrogen) atoms. The van der Waals surface area contributed by atoms with E-state index in [1.165, 1.54) is 12.0 Å². The van der Waals surface area contributed by atoms with Gasteiger partial charge in [-0.05, 0) is 55.7 Å². The van der Waals surface area contributed by atoms with Crippen molar-refractivity contribution in [3.05, 3.63) is 79.8 Å². The van der Waals surface area contributed by atoms with Crippen LogP contribution < -0.4 is 10.5 Å². The number of benzene rings is 2. The molecule has 1 amide bonds. The molecule has 7 heteroatoms. The Morgan fingerprint density at radius 2 is 1.91 bits per heavy atom. The SMILES string of the molecule is Cc1cccc(Sc2c(O)c3c(oc2=O)CC2N(C3=O)c3ccc(Br)cc3C23CCCCC3)c1. The Balaban J connectivity index is 1.49. The summed E-state index contributed by atoms with van der Waals surface area (Å²) in [6.45, 7) is 1.97. The molecule has 6 rings (SSSR count). The van der Waals surface area contributed by atoms with E-state index in [4.69, 9.17) is 4.42 Å². The van der Waals surface area contributed by atoms with Gasteiger partial charge in [-0.15, -0.1) is 0 Å². The molecule has 3 aliphatic rings. The summed E-state index contributed by atoms with van der Waals surface area (Å²) >= 11 is 4.75. The van der Waals surface area contributed by atoms with Crippen LogP contribution in [0, 0.1) is 6.92 Å². The van der Waals surface area contributed by atoms with Crippen LogP contribution >= 0.6 is 27.7 Å². The number of hydrogen-bond acceptors (Lipinski definition) is 5. The lowest BCUT2D eigenvalue weighted by Crippen LogP contribution is -2.52. The largest absolute Gasteiger partial charge is 0.506 e. The summed E-state index contributed by atoms with van der Waals surface area (Å²) in [4.78, 5) is 29.6. The van der Waals surface area contributed by atoms with E-state index in [1.54, 1.807) is 0 Å². The zero-order valence-electron chi connectivity index (χ0n) is 18.8. The van der Waals surface area contributed by atoms with Crippen LogP contribution in [0.3, 0.4) is 0 Å². The monoisotopic (exact) mass is 537 g/mol. The molecule has 174 valence electrons. The molecule has 1 N–H and O–H groups in total. The second-order valence-corrected chi connectivity index (χ2v) is 11.6. The average Bonchev–Trinajstić information content (AvgIpc) is 3.06. The van der Waals surface area contributed by atoms with Crippen molar-refractivity contribution in [3.63, 3.8) is 0 Å². The molecule has 0 radical (unpaired) electrons. The van der Waals surface area contributed by atoms with Gasteiger partial charge in [-0.1, -0.05) is 64.7 Å². The van der Waals surface area contributed by atoms with Crippen molar-refractivity contribution in [1.82, 2.24) is 0 Å². The van der Waals surface area contributed by atoms with E-state index in [-0.39, 0.29) is 33.6 Å². The molecule has 3 aromatic rings. The molecule has 1 saturated carbocycles. The van der Waals surface area contributed by atoms with Gasteiger partial charge in [0.15, 0.2) is 5.75 Å². The van der Waals surface area contributed by atoms with E-state index in [0.29, 0.717) is 12.2 Å². The van der Waals surface area contributed by atoms with Gasteiger partial charge in [-0.25, -0.2) is 4.79 Å². The fourth-order valence-electron chi connectivity index (χ4n) is 6.13. The summed E-state index contributed by atoms with van der Waals surface area (Å²) in [5.74, 6) is -0.256. The molecule has 1 aliphatic carbocycles. The van der Waals surface area contributed by atoms with Crippen LogP contribution in [0.15, 0.2) is 65.9 Å². The second-order valence-electron chi connectivity index (χ2n) is 9.56. The molecule has 1 spiro atoms. The average molecular weight is 538 g/mol. The number of aromatic hydroxyl groups is 1. The number of fused-ring (bicyclic) bond motifs is 6. The van der Waals surface area contributed by atoms with Crippen molar-refractivity contribution < 1.29 is 14.3 Å². The van der Waals surface area contributed by atoms with E-state index in [1.807, 2.05) is 48.2 Å². The fraction of sp³-hybridized carbons (Fsp3) is 0.333. The van der Waals surface area contributed by atoms with Crippen LogP contribution in [-0.4, -0.2) is 17.1 Å². The van der Waals surface area contributed by atoms with Crippen LogP contribution in [0.25, 0.3) is 0 Å². The van der Waals surface area contributed by atoms with Crippen LogP contribution in [0.2, 0.25) is 0 Å². The predicted molar refractivity (Wildman–Crippen MR) is 135 cm³/mol. The maximum absolute atomic E-state index is 13.9. The van der Waals surface area contributed by atoms with Gasteiger partial charge in [-0.3, -0.25) is 4.79 Å². The minimum atomic E-state index is -0.597. The molecule has 1 fully saturated rings. The van der Waals surface area contributed by atoms with Crippen molar-refractivity contribution in [2.75, 3.05) is 4.90 Å². The van der Waals surface area contributed by atoms with Crippen LogP contribution in [-0.2, 0) is 11.8 Å². The Morgan fingerprint density at radius 1 is 1.12 bits per heavy atom. The van der Waals surface area contributed by atoms with Gasteiger partial charge in [-0.2, -0.15) is 0 Å². The highest BCUT2D eigenvalue weighted by Gasteiger charge is 2.56. The number of anilines is 1. The Labute approximate surface area is 210 Å². The molecule has 2 aromatic carbocycles. The second kappa shape index (κ2) is 8.02. The van der Waals surface area contributed by atoms with Crippen LogP contribution in [0.5, 0.6) is 5.75 Å². The number of hydrogen-bond donors (Lipinski definition) is 1. The third kappa shape index (κ3) is 3.20. The topological polar surface area (TPSA) is 70.8 Å². The van der Waals surface area contributed by atoms with Crippen LogP contribution in [0.1, 0.15) is 59.3 Å². The Hall–Kier alpha value is -2.51. The highest BCUT2D eigenvalue weighted by molar-refractivity contribution is 9.10. The third-order valence-corrected chi connectivity index (χ3v) is 9.15. The molecule has 3 heterocycles. The lowest BCUT2D eigenvalue weighted by atomic mass is 9.65. The quantitative estimate of drug-likeness (QED) is 0.412. The van der Waals surface area contributed by atoms with Crippen molar-refractivity contribution in [2.24, 2.45) is 0 Å². The maximum Gasteiger partial charge on any atom is 0.353 e. The van der Waals surface area contributed by atoms with Crippen molar-refractivity contribution >= 4 is 39.3 Å². The molecule has 0 bridgehead atoms. The molecule has 1 aromatic heterocycles. The molecular formula is C27H24BrNO4S. The number of carbonyl (C=O) groups excluding carboxylic acids is 1. The highest BCUT2D eigenvalue weighted by Crippen LogP contribution is 2.56. The number of rotatable bonds is 2. The number of halogens is 1. The lowest BCUT2D eigenvalue weighted by Gasteiger charge is -2.43. The van der Waals surface area contributed by atoms with Gasteiger partial charge in [0.1, 0.15) is 16.2 Å². The molecule has 1 atom stereocenters. The molecular weight excluding hydrogens is 514 g/mol. The van der Waals surface area contributed by atoms with E-state index in [0.717, 1.165) is 58.1 Å². The van der Waals surface area contributed by atoms with E-state index >= 15 is 0 Å². The Morgan fingerprint density at radius 3 is 2.68 bits per heavy atom. The predicted octanol–water partition coefficient (Wildman–Crippen LogP) is 6.35. The minimum absolute atomic E-state index is 0.0544. The molecule has 2 aliphatic heterocycles. The maximum atomic E-state index is 13.9. The summed E-state index contributed by atoms with van der Waals surface area (Å²) in [6.07, 6.45) is 5.83. The number of amides is 1. The fourth-order valence-corrected chi connectivity index (χ4v) is 7.44. The minimum Gasteiger partial charge on any atom is -0.506 e. The van der Waals surface area contributed by atoms with E-state index in [9.17, 15) is 14.7 Å².